The first-order valence-corrected chi connectivity index (χ1v) is 21.2. The Bertz CT molecular complexity index is 2120. The molecule has 7 rings (SSSR count). The van der Waals surface area contributed by atoms with E-state index in [1.165, 1.54) is 48.3 Å². The molecule has 4 aromatic carbocycles. The minimum absolute atomic E-state index is 0.230. The molecule has 0 spiro atoms. The number of hydrogen-bond donors (Lipinski definition) is 0. The van der Waals surface area contributed by atoms with E-state index in [9.17, 15) is 9.59 Å². The van der Waals surface area contributed by atoms with Crippen LogP contribution < -0.4 is 0 Å². The predicted octanol–water partition coefficient (Wildman–Crippen LogP) is 12.3. The summed E-state index contributed by atoms with van der Waals surface area (Å²) in [5.74, 6) is 0. The lowest BCUT2D eigenvalue weighted by atomic mass is 9.75. The van der Waals surface area contributed by atoms with Crippen LogP contribution in [0.1, 0.15) is 98.8 Å². The molecular formula is C48H62BBrN2O6. The number of ether oxygens (including phenoxy) is 2. The van der Waals surface area contributed by atoms with E-state index in [-0.39, 0.29) is 30.5 Å². The van der Waals surface area contributed by atoms with Crippen molar-refractivity contribution < 1.29 is 28.4 Å². The summed E-state index contributed by atoms with van der Waals surface area (Å²) in [7, 11) is -0.314. The second-order valence-corrected chi connectivity index (χ2v) is 19.2. The maximum absolute atomic E-state index is 12.2. The van der Waals surface area contributed by atoms with Crippen LogP contribution in [0.4, 0.5) is 9.59 Å². The van der Waals surface area contributed by atoms with E-state index in [2.05, 4.69) is 109 Å². The fourth-order valence-electron chi connectivity index (χ4n) is 6.93. The van der Waals surface area contributed by atoms with Gasteiger partial charge < -0.3 is 28.6 Å². The summed E-state index contributed by atoms with van der Waals surface area (Å²) in [5.41, 5.74) is 4.74. The average molecular weight is 854 g/mol. The number of halogens is 1. The molecule has 3 heterocycles. The number of rotatable bonds is 2. The number of carbonyl (C=O) groups is 2. The maximum atomic E-state index is 12.2. The van der Waals surface area contributed by atoms with Gasteiger partial charge >= 0.3 is 19.3 Å². The van der Waals surface area contributed by atoms with Crippen molar-refractivity contribution in [3.8, 4) is 0 Å². The first-order valence-electron chi connectivity index (χ1n) is 20.4. The molecule has 8 nitrogen and oxygen atoms in total. The zero-order valence-corrected chi connectivity index (χ0v) is 38.2. The number of aryl methyl sites for hydroxylation is 2. The molecule has 1 saturated heterocycles. The van der Waals surface area contributed by atoms with E-state index in [0.717, 1.165) is 18.3 Å². The van der Waals surface area contributed by atoms with Gasteiger partial charge in [-0.3, -0.25) is 0 Å². The molecule has 10 heteroatoms. The van der Waals surface area contributed by atoms with E-state index >= 15 is 0 Å². The molecule has 0 radical (unpaired) electrons. The summed E-state index contributed by atoms with van der Waals surface area (Å²) < 4.78 is 24.1. The van der Waals surface area contributed by atoms with E-state index in [1.54, 1.807) is 9.80 Å². The summed E-state index contributed by atoms with van der Waals surface area (Å²) in [4.78, 5) is 27.7. The molecule has 310 valence electrons. The van der Waals surface area contributed by atoms with Gasteiger partial charge in [-0.05, 0) is 151 Å². The normalized spacial score (nSPS) is 17.7. The summed E-state index contributed by atoms with van der Waals surface area (Å²) in [5, 5.41) is 5.20. The van der Waals surface area contributed by atoms with Gasteiger partial charge in [0.2, 0.25) is 0 Å². The van der Waals surface area contributed by atoms with Crippen LogP contribution in [0, 0.1) is 13.8 Å². The summed E-state index contributed by atoms with van der Waals surface area (Å²) in [6, 6.07) is 25.5. The first-order chi connectivity index (χ1) is 27.0. The average Bonchev–Trinajstić information content (AvgIpc) is 3.38. The van der Waals surface area contributed by atoms with Gasteiger partial charge in [-0.1, -0.05) is 94.8 Å². The molecule has 0 saturated carbocycles. The number of carbonyl (C=O) groups excluding carboxylic acids is 2. The third-order valence-corrected chi connectivity index (χ3v) is 11.6. The SMILES string of the molecule is CC(C)(C)OC(=O)N1CC=C(B2OC(C)(C)C(C)(C)O2)CC1.Cc1ccc(Br)c2ccccc12.Cc1ccc(C2=CCN(C(=O)OC(C)(C)C)CC2)c2ccccc12. The van der Waals surface area contributed by atoms with Crippen molar-refractivity contribution in [1.82, 2.24) is 9.80 Å². The Kier molecular flexibility index (Phi) is 14.0. The van der Waals surface area contributed by atoms with Crippen LogP contribution in [0.15, 0.2) is 94.9 Å². The summed E-state index contributed by atoms with van der Waals surface area (Å²) >= 11 is 3.53. The second kappa shape index (κ2) is 18.0. The van der Waals surface area contributed by atoms with Gasteiger partial charge in [0.25, 0.3) is 0 Å². The van der Waals surface area contributed by atoms with Gasteiger partial charge in [0.15, 0.2) is 0 Å². The summed E-state index contributed by atoms with van der Waals surface area (Å²) in [6.07, 6.45) is 5.28. The largest absolute Gasteiger partial charge is 0.490 e. The Balaban J connectivity index is 0.000000174. The van der Waals surface area contributed by atoms with Crippen molar-refractivity contribution in [3.63, 3.8) is 0 Å². The van der Waals surface area contributed by atoms with Crippen LogP contribution >= 0.6 is 15.9 Å². The molecule has 0 bridgehead atoms. The Morgan fingerprint density at radius 1 is 0.638 bits per heavy atom. The molecule has 0 aromatic heterocycles. The minimum Gasteiger partial charge on any atom is -0.444 e. The van der Waals surface area contributed by atoms with Gasteiger partial charge in [0, 0.05) is 30.7 Å². The highest BCUT2D eigenvalue weighted by molar-refractivity contribution is 9.10. The zero-order valence-electron chi connectivity index (χ0n) is 36.6. The topological polar surface area (TPSA) is 77.5 Å². The maximum Gasteiger partial charge on any atom is 0.490 e. The van der Waals surface area contributed by atoms with Crippen LogP contribution in [0.2, 0.25) is 0 Å². The molecule has 0 aliphatic carbocycles. The highest BCUT2D eigenvalue weighted by Gasteiger charge is 2.52. The van der Waals surface area contributed by atoms with Crippen LogP contribution in [0.25, 0.3) is 27.1 Å². The number of nitrogens with zero attached hydrogens (tertiary/aromatic N) is 2. The van der Waals surface area contributed by atoms with E-state index in [1.807, 2.05) is 75.3 Å². The first kappa shape index (κ1) is 45.0. The van der Waals surface area contributed by atoms with Gasteiger partial charge in [-0.25, -0.2) is 9.59 Å². The van der Waals surface area contributed by atoms with Crippen molar-refractivity contribution >= 4 is 62.4 Å². The number of fused-ring (bicyclic) bond motifs is 2. The minimum atomic E-state index is -0.465. The fourth-order valence-corrected chi connectivity index (χ4v) is 7.41. The lowest BCUT2D eigenvalue weighted by molar-refractivity contribution is 0.00578. The van der Waals surface area contributed by atoms with Gasteiger partial charge in [-0.2, -0.15) is 0 Å². The van der Waals surface area contributed by atoms with Crippen molar-refractivity contribution in [2.45, 2.75) is 118 Å². The van der Waals surface area contributed by atoms with E-state index < -0.39 is 11.2 Å². The predicted molar refractivity (Wildman–Crippen MR) is 242 cm³/mol. The van der Waals surface area contributed by atoms with Crippen LogP contribution in [0.3, 0.4) is 0 Å². The standard InChI is InChI=1S/C21H25NO2.C16H28BNO4.C11H9Br/c1-15-9-10-18(19-8-6-5-7-17(15)19)16-11-13-22(14-12-16)20(23)24-21(2,3)4;1-14(2,3)20-13(19)18-10-8-12(9-11-18)17-21-15(4,5)16(6,7)22-17;1-8-6-7-11(12)10-5-3-2-4-9(8)10/h5-11H,12-14H2,1-4H3;8H,9-11H2,1-7H3;2-7H,1H3. The lowest BCUT2D eigenvalue weighted by Gasteiger charge is -2.32. The van der Waals surface area contributed by atoms with E-state index in [4.69, 9.17) is 18.8 Å². The van der Waals surface area contributed by atoms with E-state index in [0.29, 0.717) is 26.2 Å². The third-order valence-electron chi connectivity index (χ3n) is 10.9. The molecule has 2 amide bonds. The monoisotopic (exact) mass is 852 g/mol. The smallest absolute Gasteiger partial charge is 0.444 e. The Hall–Kier alpha value is -4.12. The molecular weight excluding hydrogens is 791 g/mol. The Labute approximate surface area is 355 Å². The molecule has 58 heavy (non-hydrogen) atoms. The van der Waals surface area contributed by atoms with Crippen molar-refractivity contribution in [3.05, 3.63) is 112 Å². The van der Waals surface area contributed by atoms with Crippen LogP contribution in [-0.2, 0) is 18.8 Å². The van der Waals surface area contributed by atoms with Crippen molar-refractivity contribution in [2.24, 2.45) is 0 Å². The third kappa shape index (κ3) is 11.3. The van der Waals surface area contributed by atoms with Gasteiger partial charge in [0.05, 0.1) is 11.2 Å². The quantitative estimate of drug-likeness (QED) is 0.187. The van der Waals surface area contributed by atoms with Gasteiger partial charge in [-0.15, -0.1) is 0 Å². The molecule has 1 fully saturated rings. The molecule has 0 N–H and O–H groups in total. The number of amides is 2. The molecule has 0 atom stereocenters. The Morgan fingerprint density at radius 3 is 1.53 bits per heavy atom. The van der Waals surface area contributed by atoms with Gasteiger partial charge in [0.1, 0.15) is 11.2 Å². The molecule has 0 unspecified atom stereocenters. The summed E-state index contributed by atoms with van der Waals surface area (Å²) in [6.45, 7) is 26.2. The highest BCUT2D eigenvalue weighted by Crippen LogP contribution is 2.39. The fraction of sp³-hybridized carbons (Fsp3) is 0.458. The van der Waals surface area contributed by atoms with Crippen molar-refractivity contribution in [2.75, 3.05) is 26.2 Å². The zero-order chi connectivity index (χ0) is 42.6. The lowest BCUT2D eigenvalue weighted by Crippen LogP contribution is -2.41. The molecule has 3 aliphatic rings. The second-order valence-electron chi connectivity index (χ2n) is 18.3. The van der Waals surface area contributed by atoms with Crippen LogP contribution in [-0.4, -0.2) is 77.7 Å². The number of benzene rings is 4. The molecule has 4 aromatic rings. The number of hydrogen-bond acceptors (Lipinski definition) is 6. The molecule has 3 aliphatic heterocycles. The highest BCUT2D eigenvalue weighted by atomic mass is 79.9. The van der Waals surface area contributed by atoms with Crippen LogP contribution in [0.5, 0.6) is 0 Å². The Morgan fingerprint density at radius 2 is 1.09 bits per heavy atom. The van der Waals surface area contributed by atoms with Crippen molar-refractivity contribution in [1.29, 1.82) is 0 Å².